The van der Waals surface area contributed by atoms with Crippen LogP contribution in [0.4, 0.5) is 0 Å². The Kier molecular flexibility index (Phi) is 3.43. The van der Waals surface area contributed by atoms with E-state index in [0.29, 0.717) is 0 Å². The first-order valence-electron chi connectivity index (χ1n) is 2.63. The quantitative estimate of drug-likeness (QED) is 0.610. The molecule has 1 rings (SSSR count). The second-order valence-corrected chi connectivity index (χ2v) is 2.13. The third kappa shape index (κ3) is 2.14. The van der Waals surface area contributed by atoms with E-state index in [1.165, 1.54) is 6.07 Å². The molecule has 1 heterocycles. The van der Waals surface area contributed by atoms with Gasteiger partial charge >= 0.3 is 5.97 Å². The first-order valence-corrected chi connectivity index (χ1v) is 3.03. The van der Waals surface area contributed by atoms with Crippen molar-refractivity contribution in [2.24, 2.45) is 0 Å². The van der Waals surface area contributed by atoms with E-state index < -0.39 is 5.97 Å². The van der Waals surface area contributed by atoms with Gasteiger partial charge in [-0.1, -0.05) is 12.2 Å². The predicted molar refractivity (Wildman–Crippen MR) is 42.2 cm³/mol. The number of aromatic nitrogens is 1. The topological polar surface area (TPSA) is 84.6 Å². The van der Waals surface area contributed by atoms with E-state index in [0.717, 1.165) is 0 Å². The third-order valence-electron chi connectivity index (χ3n) is 1.05. The minimum absolute atomic E-state index is 0. The van der Waals surface area contributed by atoms with Gasteiger partial charge in [0.1, 0.15) is 4.64 Å². The third-order valence-corrected chi connectivity index (χ3v) is 1.39. The molecule has 0 amide bonds. The lowest BCUT2D eigenvalue weighted by Gasteiger charge is -1.90. The second kappa shape index (κ2) is 3.85. The van der Waals surface area contributed by atoms with Crippen molar-refractivity contribution in [2.45, 2.75) is 0 Å². The molecule has 0 aromatic carbocycles. The van der Waals surface area contributed by atoms with Gasteiger partial charge in [-0.05, 0) is 12.1 Å². The van der Waals surface area contributed by atoms with Crippen molar-refractivity contribution < 1.29 is 15.4 Å². The number of H-pyrrole nitrogens is 1. The fourth-order valence-corrected chi connectivity index (χ4v) is 0.813. The molecule has 4 nitrogen and oxygen atoms in total. The Hall–Kier alpha value is -1.20. The first-order chi connectivity index (χ1) is 4.72. The van der Waals surface area contributed by atoms with Crippen molar-refractivity contribution in [1.82, 2.24) is 4.98 Å². The lowest BCUT2D eigenvalue weighted by atomic mass is 10.3. The zero-order valence-electron chi connectivity index (χ0n) is 5.50. The molecule has 0 saturated heterocycles. The van der Waals surface area contributed by atoms with Crippen LogP contribution in [0.15, 0.2) is 18.3 Å². The number of carboxylic acids is 1. The van der Waals surface area contributed by atoms with Crippen molar-refractivity contribution in [3.63, 3.8) is 0 Å². The minimum Gasteiger partial charge on any atom is -0.478 e. The molecule has 0 fully saturated rings. The van der Waals surface area contributed by atoms with Gasteiger partial charge < -0.3 is 15.6 Å². The summed E-state index contributed by atoms with van der Waals surface area (Å²) in [6, 6.07) is 3.06. The molecule has 0 aliphatic heterocycles. The number of rotatable bonds is 1. The monoisotopic (exact) mass is 173 g/mol. The van der Waals surface area contributed by atoms with Crippen LogP contribution in [-0.2, 0) is 0 Å². The fraction of sp³-hybridized carbons (Fsp3) is 0. The molecule has 5 heteroatoms. The second-order valence-electron chi connectivity index (χ2n) is 1.72. The van der Waals surface area contributed by atoms with Crippen molar-refractivity contribution in [3.8, 4) is 0 Å². The number of carboxylic acid groups (broad SMARTS) is 1. The van der Waals surface area contributed by atoms with E-state index in [2.05, 4.69) is 4.98 Å². The maximum Gasteiger partial charge on any atom is 0.338 e. The molecule has 0 unspecified atom stereocenters. The number of aromatic amines is 1. The van der Waals surface area contributed by atoms with Crippen molar-refractivity contribution in [3.05, 3.63) is 28.5 Å². The minimum atomic E-state index is -0.998. The smallest absolute Gasteiger partial charge is 0.338 e. The van der Waals surface area contributed by atoms with Gasteiger partial charge in [-0.25, -0.2) is 4.79 Å². The summed E-state index contributed by atoms with van der Waals surface area (Å²) in [4.78, 5) is 13.0. The van der Waals surface area contributed by atoms with Gasteiger partial charge in [0.05, 0.1) is 5.56 Å². The molecule has 0 saturated carbocycles. The number of hydrogen-bond donors (Lipinski definition) is 2. The maximum absolute atomic E-state index is 10.3. The van der Waals surface area contributed by atoms with E-state index in [1.807, 2.05) is 0 Å². The summed E-state index contributed by atoms with van der Waals surface area (Å²) in [6.07, 6.45) is 1.59. The molecule has 0 bridgehead atoms. The Bertz CT molecular complexity index is 307. The van der Waals surface area contributed by atoms with Gasteiger partial charge in [-0.15, -0.1) is 0 Å². The lowest BCUT2D eigenvalue weighted by molar-refractivity contribution is 0.0696. The SMILES string of the molecule is O.O=C(O)c1ccc[nH]c1=S. The highest BCUT2D eigenvalue weighted by Crippen LogP contribution is 1.97. The van der Waals surface area contributed by atoms with Crippen molar-refractivity contribution >= 4 is 18.2 Å². The van der Waals surface area contributed by atoms with Crippen LogP contribution in [0.1, 0.15) is 10.4 Å². The molecule has 0 atom stereocenters. The van der Waals surface area contributed by atoms with Gasteiger partial charge in [0.2, 0.25) is 0 Å². The highest BCUT2D eigenvalue weighted by atomic mass is 32.1. The van der Waals surface area contributed by atoms with Crippen LogP contribution in [0.25, 0.3) is 0 Å². The largest absolute Gasteiger partial charge is 0.478 e. The Morgan fingerprint density at radius 1 is 1.64 bits per heavy atom. The molecule has 0 radical (unpaired) electrons. The first kappa shape index (κ1) is 9.80. The van der Waals surface area contributed by atoms with Crippen LogP contribution >= 0.6 is 12.2 Å². The summed E-state index contributed by atoms with van der Waals surface area (Å²) in [6.45, 7) is 0. The Morgan fingerprint density at radius 2 is 2.27 bits per heavy atom. The van der Waals surface area contributed by atoms with Crippen molar-refractivity contribution in [2.75, 3.05) is 0 Å². The highest BCUT2D eigenvalue weighted by Gasteiger charge is 2.01. The number of hydrogen-bond acceptors (Lipinski definition) is 2. The summed E-state index contributed by atoms with van der Waals surface area (Å²) in [5, 5.41) is 8.48. The van der Waals surface area contributed by atoms with Gasteiger partial charge in [-0.3, -0.25) is 0 Å². The van der Waals surface area contributed by atoms with Crippen LogP contribution in [0, 0.1) is 4.64 Å². The van der Waals surface area contributed by atoms with E-state index in [-0.39, 0.29) is 15.7 Å². The van der Waals surface area contributed by atoms with Gasteiger partial charge in [0.25, 0.3) is 0 Å². The molecule has 1 aromatic heterocycles. The molecular formula is C6H7NO3S. The molecule has 0 aliphatic carbocycles. The van der Waals surface area contributed by atoms with E-state index >= 15 is 0 Å². The molecule has 4 N–H and O–H groups in total. The van der Waals surface area contributed by atoms with Gasteiger partial charge in [-0.2, -0.15) is 0 Å². The molecule has 1 aromatic rings. The van der Waals surface area contributed by atoms with Crippen LogP contribution in [0.5, 0.6) is 0 Å². The van der Waals surface area contributed by atoms with Crippen LogP contribution in [-0.4, -0.2) is 21.5 Å². The fourth-order valence-electron chi connectivity index (χ4n) is 0.590. The number of nitrogens with one attached hydrogen (secondary N) is 1. The Labute approximate surface area is 67.8 Å². The number of carbonyl (C=O) groups is 1. The zero-order chi connectivity index (χ0) is 7.56. The number of aromatic carboxylic acids is 1. The summed E-state index contributed by atoms with van der Waals surface area (Å²) < 4.78 is 0.259. The van der Waals surface area contributed by atoms with E-state index in [9.17, 15) is 4.79 Å². The standard InChI is InChI=1S/C6H5NO2S.H2O/c8-6(9)4-2-1-3-7-5(4)10;/h1-3H,(H,7,10)(H,8,9);1H2. The summed E-state index contributed by atoms with van der Waals surface area (Å²) in [5.41, 5.74) is 0.137. The van der Waals surface area contributed by atoms with Crippen molar-refractivity contribution in [1.29, 1.82) is 0 Å². The molecule has 11 heavy (non-hydrogen) atoms. The maximum atomic E-state index is 10.3. The van der Waals surface area contributed by atoms with E-state index in [4.69, 9.17) is 17.3 Å². The van der Waals surface area contributed by atoms with Crippen LogP contribution in [0.2, 0.25) is 0 Å². The van der Waals surface area contributed by atoms with Crippen LogP contribution < -0.4 is 0 Å². The average molecular weight is 173 g/mol. The van der Waals surface area contributed by atoms with Crippen LogP contribution in [0.3, 0.4) is 0 Å². The summed E-state index contributed by atoms with van der Waals surface area (Å²) in [7, 11) is 0. The molecule has 0 aliphatic rings. The molecular weight excluding hydrogens is 166 g/mol. The summed E-state index contributed by atoms with van der Waals surface area (Å²) >= 11 is 4.69. The summed E-state index contributed by atoms with van der Waals surface area (Å²) in [5.74, 6) is -0.998. The van der Waals surface area contributed by atoms with E-state index in [1.54, 1.807) is 12.3 Å². The highest BCUT2D eigenvalue weighted by molar-refractivity contribution is 7.71. The average Bonchev–Trinajstić information content (AvgIpc) is 1.88. The Morgan fingerprint density at radius 3 is 2.64 bits per heavy atom. The van der Waals surface area contributed by atoms with Gasteiger partial charge in [0, 0.05) is 6.20 Å². The zero-order valence-corrected chi connectivity index (χ0v) is 6.31. The lowest BCUT2D eigenvalue weighted by Crippen LogP contribution is -1.97. The Balaban J connectivity index is 0.000001000. The number of pyridine rings is 1. The predicted octanol–water partition coefficient (Wildman–Crippen LogP) is 0.618. The molecule has 60 valence electrons. The normalized spacial score (nSPS) is 8.36. The van der Waals surface area contributed by atoms with Gasteiger partial charge in [0.15, 0.2) is 0 Å². The molecule has 0 spiro atoms.